The Morgan fingerprint density at radius 1 is 0.960 bits per heavy atom. The molecule has 0 atom stereocenters. The van der Waals surface area contributed by atoms with Crippen molar-refractivity contribution in [3.05, 3.63) is 75.9 Å². The summed E-state index contributed by atoms with van der Waals surface area (Å²) in [5, 5.41) is 5.36. The van der Waals surface area contributed by atoms with E-state index in [9.17, 15) is 0 Å². The van der Waals surface area contributed by atoms with Gasteiger partial charge in [0, 0.05) is 11.3 Å². The molecule has 0 aliphatic rings. The van der Waals surface area contributed by atoms with Crippen molar-refractivity contribution < 1.29 is 0 Å². The molecule has 0 aliphatic heterocycles. The lowest BCUT2D eigenvalue weighted by Gasteiger charge is -2.07. The van der Waals surface area contributed by atoms with Gasteiger partial charge in [0.05, 0.1) is 21.5 Å². The molecule has 0 amide bonds. The zero-order valence-corrected chi connectivity index (χ0v) is 15.3. The predicted molar refractivity (Wildman–Crippen MR) is 105 cm³/mol. The molecule has 126 valence electrons. The molecule has 0 radical (unpaired) electrons. The van der Waals surface area contributed by atoms with Crippen LogP contribution >= 0.6 is 23.2 Å². The lowest BCUT2D eigenvalue weighted by molar-refractivity contribution is 1.07. The number of nitrogens with zero attached hydrogens (tertiary/aromatic N) is 3. The number of hydrogen-bond donors (Lipinski definition) is 1. The van der Waals surface area contributed by atoms with E-state index in [2.05, 4.69) is 20.5 Å². The van der Waals surface area contributed by atoms with Crippen LogP contribution < -0.4 is 5.43 Å². The van der Waals surface area contributed by atoms with Gasteiger partial charge in [-0.3, -0.25) is 0 Å². The normalized spacial score (nSPS) is 11.4. The fourth-order valence-electron chi connectivity index (χ4n) is 2.29. The molecule has 0 unspecified atom stereocenters. The molecule has 1 heterocycles. The first-order valence-electron chi connectivity index (χ1n) is 7.70. The minimum atomic E-state index is 0.443. The smallest absolute Gasteiger partial charge is 0.244 e. The molecular formula is C19H16Cl2N4. The summed E-state index contributed by atoms with van der Waals surface area (Å²) < 4.78 is 0. The summed E-state index contributed by atoms with van der Waals surface area (Å²) in [5.74, 6) is 0.443. The molecule has 0 aliphatic carbocycles. The average Bonchev–Trinajstić information content (AvgIpc) is 2.62. The fourth-order valence-corrected chi connectivity index (χ4v) is 2.59. The van der Waals surface area contributed by atoms with Crippen LogP contribution in [0, 0.1) is 6.92 Å². The average molecular weight is 371 g/mol. The van der Waals surface area contributed by atoms with Crippen molar-refractivity contribution in [2.45, 2.75) is 13.8 Å². The van der Waals surface area contributed by atoms with Gasteiger partial charge in [0.15, 0.2) is 0 Å². The van der Waals surface area contributed by atoms with E-state index in [1.54, 1.807) is 12.1 Å². The molecule has 0 bridgehead atoms. The summed E-state index contributed by atoms with van der Waals surface area (Å²) in [4.78, 5) is 8.90. The molecule has 1 N–H and O–H groups in total. The maximum Gasteiger partial charge on any atom is 0.244 e. The second kappa shape index (κ2) is 7.64. The highest BCUT2D eigenvalue weighted by atomic mass is 35.5. The van der Waals surface area contributed by atoms with Crippen LogP contribution in [0.2, 0.25) is 10.0 Å². The molecule has 4 nitrogen and oxygen atoms in total. The summed E-state index contributed by atoms with van der Waals surface area (Å²) in [5.41, 5.74) is 7.28. The highest BCUT2D eigenvalue weighted by molar-refractivity contribution is 6.42. The Balaban J connectivity index is 1.85. The number of aryl methyl sites for hydroxylation is 1. The highest BCUT2D eigenvalue weighted by Crippen LogP contribution is 2.23. The quantitative estimate of drug-likeness (QED) is 0.480. The van der Waals surface area contributed by atoms with E-state index in [1.807, 2.05) is 56.3 Å². The monoisotopic (exact) mass is 370 g/mol. The van der Waals surface area contributed by atoms with Gasteiger partial charge in [-0.1, -0.05) is 59.6 Å². The number of rotatable bonds is 4. The number of anilines is 1. The van der Waals surface area contributed by atoms with E-state index in [0.717, 1.165) is 28.2 Å². The van der Waals surface area contributed by atoms with Crippen LogP contribution in [0.25, 0.3) is 11.3 Å². The summed E-state index contributed by atoms with van der Waals surface area (Å²) >= 11 is 12.0. The molecule has 0 saturated carbocycles. The van der Waals surface area contributed by atoms with Crippen molar-refractivity contribution in [1.29, 1.82) is 0 Å². The zero-order valence-electron chi connectivity index (χ0n) is 13.8. The van der Waals surface area contributed by atoms with Gasteiger partial charge in [-0.2, -0.15) is 5.10 Å². The minimum absolute atomic E-state index is 0.443. The molecule has 3 aromatic rings. The maximum absolute atomic E-state index is 6.05. The van der Waals surface area contributed by atoms with Gasteiger partial charge in [-0.05, 0) is 37.6 Å². The van der Waals surface area contributed by atoms with Crippen LogP contribution in [0.4, 0.5) is 5.95 Å². The van der Waals surface area contributed by atoms with Crippen LogP contribution in [0.3, 0.4) is 0 Å². The van der Waals surface area contributed by atoms with Gasteiger partial charge in [-0.25, -0.2) is 15.4 Å². The molecular weight excluding hydrogens is 355 g/mol. The third-order valence-electron chi connectivity index (χ3n) is 3.58. The molecule has 0 saturated heterocycles. The first-order valence-corrected chi connectivity index (χ1v) is 8.45. The topological polar surface area (TPSA) is 50.2 Å². The van der Waals surface area contributed by atoms with Gasteiger partial charge in [0.1, 0.15) is 0 Å². The molecule has 6 heteroatoms. The van der Waals surface area contributed by atoms with E-state index in [-0.39, 0.29) is 0 Å². The highest BCUT2D eigenvalue weighted by Gasteiger charge is 2.05. The second-order valence-corrected chi connectivity index (χ2v) is 6.34. The van der Waals surface area contributed by atoms with E-state index in [4.69, 9.17) is 23.2 Å². The number of aromatic nitrogens is 2. The summed E-state index contributed by atoms with van der Waals surface area (Å²) in [6.07, 6.45) is 0. The van der Waals surface area contributed by atoms with Crippen LogP contribution in [0.15, 0.2) is 59.7 Å². The first-order chi connectivity index (χ1) is 12.0. The number of benzene rings is 2. The Bertz CT molecular complexity index is 924. The Kier molecular flexibility index (Phi) is 5.31. The molecule has 3 rings (SSSR count). The van der Waals surface area contributed by atoms with E-state index in [0.29, 0.717) is 16.0 Å². The Morgan fingerprint density at radius 3 is 2.44 bits per heavy atom. The number of hydrogen-bond acceptors (Lipinski definition) is 4. The third kappa shape index (κ3) is 4.35. The van der Waals surface area contributed by atoms with Gasteiger partial charge in [0.25, 0.3) is 0 Å². The Hall–Kier alpha value is -2.43. The summed E-state index contributed by atoms with van der Waals surface area (Å²) in [7, 11) is 0. The van der Waals surface area contributed by atoms with Gasteiger partial charge < -0.3 is 0 Å². The summed E-state index contributed by atoms with van der Waals surface area (Å²) in [6, 6.07) is 17.3. The van der Waals surface area contributed by atoms with Crippen molar-refractivity contribution in [2.24, 2.45) is 5.10 Å². The standard InChI is InChI=1S/C19H16Cl2N4/c1-12-10-18(14-6-4-3-5-7-14)23-19(22-12)25-24-13(2)15-8-9-16(20)17(21)11-15/h3-11H,1-2H3,(H,22,23,25). The molecule has 2 aromatic carbocycles. The Labute approximate surface area is 156 Å². The van der Waals surface area contributed by atoms with Crippen molar-refractivity contribution in [3.8, 4) is 11.3 Å². The number of halogens is 2. The molecule has 0 fully saturated rings. The largest absolute Gasteiger partial charge is 0.245 e. The van der Waals surface area contributed by atoms with Crippen molar-refractivity contribution >= 4 is 34.9 Å². The number of nitrogens with one attached hydrogen (secondary N) is 1. The van der Waals surface area contributed by atoms with E-state index < -0.39 is 0 Å². The van der Waals surface area contributed by atoms with Crippen LogP contribution in [0.5, 0.6) is 0 Å². The van der Waals surface area contributed by atoms with Gasteiger partial charge in [0.2, 0.25) is 5.95 Å². The minimum Gasteiger partial charge on any atom is -0.245 e. The van der Waals surface area contributed by atoms with Crippen LogP contribution in [0.1, 0.15) is 18.2 Å². The lowest BCUT2D eigenvalue weighted by atomic mass is 10.1. The van der Waals surface area contributed by atoms with E-state index >= 15 is 0 Å². The summed E-state index contributed by atoms with van der Waals surface area (Å²) in [6.45, 7) is 3.80. The van der Waals surface area contributed by atoms with Crippen molar-refractivity contribution in [1.82, 2.24) is 9.97 Å². The van der Waals surface area contributed by atoms with Gasteiger partial charge in [-0.15, -0.1) is 0 Å². The van der Waals surface area contributed by atoms with Crippen molar-refractivity contribution in [2.75, 3.05) is 5.43 Å². The first kappa shape index (κ1) is 17.4. The lowest BCUT2D eigenvalue weighted by Crippen LogP contribution is -2.04. The maximum atomic E-state index is 6.05. The fraction of sp³-hybridized carbons (Fsp3) is 0.105. The predicted octanol–water partition coefficient (Wildman–Crippen LogP) is 5.59. The van der Waals surface area contributed by atoms with E-state index in [1.165, 1.54) is 0 Å². The Morgan fingerprint density at radius 2 is 1.72 bits per heavy atom. The molecule has 25 heavy (non-hydrogen) atoms. The van der Waals surface area contributed by atoms with Crippen LogP contribution in [-0.2, 0) is 0 Å². The van der Waals surface area contributed by atoms with Crippen LogP contribution in [-0.4, -0.2) is 15.7 Å². The molecule has 1 aromatic heterocycles. The zero-order chi connectivity index (χ0) is 17.8. The second-order valence-electron chi connectivity index (χ2n) is 5.52. The van der Waals surface area contributed by atoms with Gasteiger partial charge >= 0.3 is 0 Å². The number of hydrazone groups is 1. The SMILES string of the molecule is CC(=NNc1nc(C)cc(-c2ccccc2)n1)c1ccc(Cl)c(Cl)c1. The van der Waals surface area contributed by atoms with Crippen molar-refractivity contribution in [3.63, 3.8) is 0 Å². The third-order valence-corrected chi connectivity index (χ3v) is 4.32. The molecule has 0 spiro atoms.